The van der Waals surface area contributed by atoms with Gasteiger partial charge in [-0.2, -0.15) is 0 Å². The molecule has 0 saturated carbocycles. The van der Waals surface area contributed by atoms with Gasteiger partial charge in [-0.1, -0.05) is 84.9 Å². The molecule has 0 bridgehead atoms. The molecule has 1 aliphatic carbocycles. The van der Waals surface area contributed by atoms with Crippen LogP contribution in [0.3, 0.4) is 0 Å². The van der Waals surface area contributed by atoms with Crippen molar-refractivity contribution in [3.8, 4) is 11.1 Å². The normalized spacial score (nSPS) is 12.7. The van der Waals surface area contributed by atoms with E-state index in [-0.39, 0.29) is 0 Å². The first kappa shape index (κ1) is 15.3. The third-order valence-electron chi connectivity index (χ3n) is 6.65. The van der Waals surface area contributed by atoms with Crippen LogP contribution in [0.15, 0.2) is 97.1 Å². The Balaban J connectivity index is 1.59. The smallest absolute Gasteiger partial charge is 0.000705 e. The molecule has 0 aromatic heterocycles. The Hall–Kier alpha value is -3.64. The van der Waals surface area contributed by atoms with Gasteiger partial charge in [0.15, 0.2) is 0 Å². The molecule has 0 nitrogen and oxygen atoms in total. The molecule has 0 heteroatoms. The fourth-order valence-corrected chi connectivity index (χ4v) is 5.29. The van der Waals surface area contributed by atoms with E-state index >= 15 is 0 Å². The van der Waals surface area contributed by atoms with Gasteiger partial charge in [0.2, 0.25) is 0 Å². The Morgan fingerprint density at radius 3 is 1.97 bits per heavy atom. The first-order valence-electron chi connectivity index (χ1n) is 10.2. The zero-order chi connectivity index (χ0) is 18.9. The fourth-order valence-electron chi connectivity index (χ4n) is 5.29. The van der Waals surface area contributed by atoms with Crippen LogP contribution in [-0.2, 0) is 6.42 Å². The summed E-state index contributed by atoms with van der Waals surface area (Å²) < 4.78 is 0. The van der Waals surface area contributed by atoms with Gasteiger partial charge in [-0.25, -0.2) is 0 Å². The molecule has 6 aromatic rings. The van der Waals surface area contributed by atoms with Crippen LogP contribution in [0.25, 0.3) is 54.2 Å². The fraction of sp³-hybridized carbons (Fsp3) is 0.0345. The van der Waals surface area contributed by atoms with Gasteiger partial charge < -0.3 is 0 Å². The third-order valence-corrected chi connectivity index (χ3v) is 6.65. The molecule has 0 atom stereocenters. The van der Waals surface area contributed by atoms with Crippen LogP contribution in [-0.4, -0.2) is 0 Å². The monoisotopic (exact) mass is 366 g/mol. The summed E-state index contributed by atoms with van der Waals surface area (Å²) in [6.45, 7) is 0. The highest BCUT2D eigenvalue weighted by atomic mass is 14.3. The molecule has 0 amide bonds. The molecular formula is C29H18. The Bertz CT molecular complexity index is 1620. The number of benzene rings is 6. The molecule has 7 rings (SSSR count). The van der Waals surface area contributed by atoms with E-state index < -0.39 is 0 Å². The molecule has 29 heavy (non-hydrogen) atoms. The van der Waals surface area contributed by atoms with Crippen LogP contribution in [0, 0.1) is 0 Å². The number of fused-ring (bicyclic) bond motifs is 10. The summed E-state index contributed by atoms with van der Waals surface area (Å²) in [6, 6.07) is 36.0. The predicted octanol–water partition coefficient (Wildman–Crippen LogP) is 7.87. The quantitative estimate of drug-likeness (QED) is 0.189. The Morgan fingerprint density at radius 2 is 1.07 bits per heavy atom. The summed E-state index contributed by atoms with van der Waals surface area (Å²) in [5, 5.41) is 10.7. The second kappa shape index (κ2) is 5.46. The van der Waals surface area contributed by atoms with E-state index in [1.54, 1.807) is 0 Å². The summed E-state index contributed by atoms with van der Waals surface area (Å²) >= 11 is 0. The van der Waals surface area contributed by atoms with Crippen LogP contribution in [0.1, 0.15) is 11.1 Å². The molecule has 0 radical (unpaired) electrons. The van der Waals surface area contributed by atoms with Gasteiger partial charge in [0.05, 0.1) is 0 Å². The zero-order valence-electron chi connectivity index (χ0n) is 15.9. The van der Waals surface area contributed by atoms with Crippen molar-refractivity contribution < 1.29 is 0 Å². The van der Waals surface area contributed by atoms with E-state index in [1.165, 1.54) is 65.3 Å². The number of rotatable bonds is 0. The number of hydrogen-bond acceptors (Lipinski definition) is 0. The molecule has 0 fully saturated rings. The van der Waals surface area contributed by atoms with Crippen molar-refractivity contribution in [2.45, 2.75) is 6.42 Å². The van der Waals surface area contributed by atoms with E-state index in [0.717, 1.165) is 6.42 Å². The molecule has 0 N–H and O–H groups in total. The minimum Gasteiger partial charge on any atom is -0.0616 e. The SMILES string of the molecule is c1ccc2c3c(ccc2c1)-c1c(ccc2cc4c(ccc5ccccc54)cc12)C3. The molecule has 1 aliphatic rings. The summed E-state index contributed by atoms with van der Waals surface area (Å²) in [4.78, 5) is 0. The lowest BCUT2D eigenvalue weighted by molar-refractivity contribution is 1.29. The van der Waals surface area contributed by atoms with Crippen molar-refractivity contribution in [3.63, 3.8) is 0 Å². The van der Waals surface area contributed by atoms with Crippen LogP contribution in [0.4, 0.5) is 0 Å². The van der Waals surface area contributed by atoms with Crippen LogP contribution in [0.2, 0.25) is 0 Å². The van der Waals surface area contributed by atoms with E-state index in [4.69, 9.17) is 0 Å². The maximum absolute atomic E-state index is 2.40. The minimum atomic E-state index is 1.03. The van der Waals surface area contributed by atoms with E-state index in [2.05, 4.69) is 97.1 Å². The first-order valence-corrected chi connectivity index (χ1v) is 10.2. The average Bonchev–Trinajstić information content (AvgIpc) is 3.17. The van der Waals surface area contributed by atoms with E-state index in [0.29, 0.717) is 0 Å². The summed E-state index contributed by atoms with van der Waals surface area (Å²) in [5.41, 5.74) is 5.76. The van der Waals surface area contributed by atoms with Crippen LogP contribution < -0.4 is 0 Å². The van der Waals surface area contributed by atoms with Crippen LogP contribution in [0.5, 0.6) is 0 Å². The second-order valence-corrected chi connectivity index (χ2v) is 8.17. The summed E-state index contributed by atoms with van der Waals surface area (Å²) in [6.07, 6.45) is 1.03. The lowest BCUT2D eigenvalue weighted by Gasteiger charge is -2.11. The van der Waals surface area contributed by atoms with Gasteiger partial charge in [-0.05, 0) is 83.9 Å². The topological polar surface area (TPSA) is 0 Å². The van der Waals surface area contributed by atoms with Gasteiger partial charge in [0, 0.05) is 0 Å². The third kappa shape index (κ3) is 2.04. The molecule has 0 spiro atoms. The maximum Gasteiger partial charge on any atom is -0.000705 e. The Morgan fingerprint density at radius 1 is 0.448 bits per heavy atom. The minimum absolute atomic E-state index is 1.03. The van der Waals surface area contributed by atoms with Crippen molar-refractivity contribution in [2.24, 2.45) is 0 Å². The molecule has 134 valence electrons. The van der Waals surface area contributed by atoms with Gasteiger partial charge in [0.1, 0.15) is 0 Å². The Labute approximate surface area is 169 Å². The molecule has 0 aliphatic heterocycles. The van der Waals surface area contributed by atoms with Gasteiger partial charge >= 0.3 is 0 Å². The molecular weight excluding hydrogens is 348 g/mol. The van der Waals surface area contributed by atoms with E-state index in [1.807, 2.05) is 0 Å². The molecule has 0 heterocycles. The van der Waals surface area contributed by atoms with Gasteiger partial charge in [-0.15, -0.1) is 0 Å². The standard InChI is InChI=1S/C29H18/c1-3-7-23-18(5-1)9-10-20-16-27-21(15-26(20)23)11-12-22-17-28-24-8-4-2-6-19(24)13-14-25(28)29(22)27/h1-16H,17H2. The molecule has 0 saturated heterocycles. The van der Waals surface area contributed by atoms with Crippen molar-refractivity contribution in [2.75, 3.05) is 0 Å². The van der Waals surface area contributed by atoms with Crippen molar-refractivity contribution in [1.29, 1.82) is 0 Å². The van der Waals surface area contributed by atoms with Crippen LogP contribution >= 0.6 is 0 Å². The lowest BCUT2D eigenvalue weighted by atomic mass is 9.93. The van der Waals surface area contributed by atoms with Gasteiger partial charge in [0.25, 0.3) is 0 Å². The van der Waals surface area contributed by atoms with Crippen molar-refractivity contribution in [1.82, 2.24) is 0 Å². The highest BCUT2D eigenvalue weighted by Gasteiger charge is 2.22. The van der Waals surface area contributed by atoms with Crippen molar-refractivity contribution >= 4 is 43.1 Å². The predicted molar refractivity (Wildman–Crippen MR) is 125 cm³/mol. The zero-order valence-corrected chi connectivity index (χ0v) is 15.9. The average molecular weight is 366 g/mol. The summed E-state index contributed by atoms with van der Waals surface area (Å²) in [7, 11) is 0. The molecule has 0 unspecified atom stereocenters. The maximum atomic E-state index is 2.40. The number of hydrogen-bond donors (Lipinski definition) is 0. The van der Waals surface area contributed by atoms with E-state index in [9.17, 15) is 0 Å². The van der Waals surface area contributed by atoms with Crippen molar-refractivity contribution in [3.05, 3.63) is 108 Å². The second-order valence-electron chi connectivity index (χ2n) is 8.17. The first-order chi connectivity index (χ1) is 14.4. The lowest BCUT2D eigenvalue weighted by Crippen LogP contribution is -1.85. The summed E-state index contributed by atoms with van der Waals surface area (Å²) in [5.74, 6) is 0. The largest absolute Gasteiger partial charge is 0.0616 e. The van der Waals surface area contributed by atoms with Gasteiger partial charge in [-0.3, -0.25) is 0 Å². The molecule has 6 aromatic carbocycles. The Kier molecular flexibility index (Phi) is 2.88. The highest BCUT2D eigenvalue weighted by Crippen LogP contribution is 2.45. The highest BCUT2D eigenvalue weighted by molar-refractivity contribution is 6.15.